The Kier molecular flexibility index (Phi) is 3.93. The fraction of sp³-hybridized carbons (Fsp3) is 0.538. The Balaban J connectivity index is 2.03. The second kappa shape index (κ2) is 5.43. The molecule has 1 aromatic rings. The van der Waals surface area contributed by atoms with Crippen molar-refractivity contribution in [3.63, 3.8) is 0 Å². The second-order valence-electron chi connectivity index (χ2n) is 4.37. The molecule has 3 nitrogen and oxygen atoms in total. The van der Waals surface area contributed by atoms with Gasteiger partial charge in [0.05, 0.1) is 12.7 Å². The average molecular weight is 220 g/mol. The molecule has 2 unspecified atom stereocenters. The molecule has 2 N–H and O–H groups in total. The van der Waals surface area contributed by atoms with Gasteiger partial charge in [-0.1, -0.05) is 30.3 Å². The molecule has 2 rings (SSSR count). The molecule has 1 aliphatic heterocycles. The molecule has 88 valence electrons. The SMILES string of the molecule is CC1COC(c2ccccc2)CN1CCN. The van der Waals surface area contributed by atoms with Crippen LogP contribution in [0.25, 0.3) is 0 Å². The fourth-order valence-corrected chi connectivity index (χ4v) is 2.15. The third kappa shape index (κ3) is 2.61. The fourth-order valence-electron chi connectivity index (χ4n) is 2.15. The Labute approximate surface area is 97.2 Å². The van der Waals surface area contributed by atoms with Crippen LogP contribution in [0.1, 0.15) is 18.6 Å². The van der Waals surface area contributed by atoms with Crippen LogP contribution >= 0.6 is 0 Å². The maximum atomic E-state index is 5.87. The summed E-state index contributed by atoms with van der Waals surface area (Å²) in [6.45, 7) is 5.60. The van der Waals surface area contributed by atoms with Gasteiger partial charge in [0.2, 0.25) is 0 Å². The molecule has 0 bridgehead atoms. The summed E-state index contributed by atoms with van der Waals surface area (Å²) in [5.74, 6) is 0. The summed E-state index contributed by atoms with van der Waals surface area (Å²) in [7, 11) is 0. The molecule has 3 heteroatoms. The van der Waals surface area contributed by atoms with Gasteiger partial charge in [-0.25, -0.2) is 0 Å². The molecule has 2 atom stereocenters. The molecule has 0 amide bonds. The number of nitrogens with two attached hydrogens (primary N) is 1. The summed E-state index contributed by atoms with van der Waals surface area (Å²) < 4.78 is 5.87. The highest BCUT2D eigenvalue weighted by atomic mass is 16.5. The van der Waals surface area contributed by atoms with E-state index in [0.29, 0.717) is 12.6 Å². The van der Waals surface area contributed by atoms with Gasteiger partial charge in [0.25, 0.3) is 0 Å². The number of nitrogens with zero attached hydrogens (tertiary/aromatic N) is 1. The summed E-state index contributed by atoms with van der Waals surface area (Å²) in [5.41, 5.74) is 6.88. The first-order chi connectivity index (χ1) is 7.81. The van der Waals surface area contributed by atoms with Crippen molar-refractivity contribution in [2.75, 3.05) is 26.2 Å². The Morgan fingerprint density at radius 2 is 2.12 bits per heavy atom. The monoisotopic (exact) mass is 220 g/mol. The van der Waals surface area contributed by atoms with Crippen LogP contribution in [0.15, 0.2) is 30.3 Å². The molecule has 0 spiro atoms. The van der Waals surface area contributed by atoms with E-state index in [1.807, 2.05) is 6.07 Å². The molecular weight excluding hydrogens is 200 g/mol. The molecule has 1 aliphatic rings. The van der Waals surface area contributed by atoms with Crippen LogP contribution in [0.3, 0.4) is 0 Å². The number of hydrogen-bond acceptors (Lipinski definition) is 3. The van der Waals surface area contributed by atoms with Gasteiger partial charge in [-0.05, 0) is 12.5 Å². The normalized spacial score (nSPS) is 26.9. The summed E-state index contributed by atoms with van der Waals surface area (Å²) >= 11 is 0. The minimum atomic E-state index is 0.198. The van der Waals surface area contributed by atoms with Gasteiger partial charge in [-0.3, -0.25) is 4.90 Å². The first-order valence-electron chi connectivity index (χ1n) is 5.92. The van der Waals surface area contributed by atoms with E-state index in [-0.39, 0.29) is 6.10 Å². The van der Waals surface area contributed by atoms with Gasteiger partial charge in [0.1, 0.15) is 0 Å². The molecule has 0 saturated carbocycles. The number of benzene rings is 1. The molecule has 0 aromatic heterocycles. The zero-order chi connectivity index (χ0) is 11.4. The van der Waals surface area contributed by atoms with Crippen LogP contribution in [-0.4, -0.2) is 37.2 Å². The lowest BCUT2D eigenvalue weighted by molar-refractivity contribution is -0.0587. The largest absolute Gasteiger partial charge is 0.371 e. The third-order valence-corrected chi connectivity index (χ3v) is 3.15. The molecule has 1 saturated heterocycles. The van der Waals surface area contributed by atoms with Crippen LogP contribution in [0.5, 0.6) is 0 Å². The summed E-state index contributed by atoms with van der Waals surface area (Å²) in [6.07, 6.45) is 0.198. The summed E-state index contributed by atoms with van der Waals surface area (Å²) in [4.78, 5) is 2.40. The second-order valence-corrected chi connectivity index (χ2v) is 4.37. The molecule has 0 aliphatic carbocycles. The number of hydrogen-bond donors (Lipinski definition) is 1. The highest BCUT2D eigenvalue weighted by molar-refractivity contribution is 5.18. The Morgan fingerprint density at radius 1 is 1.38 bits per heavy atom. The molecular formula is C13H20N2O. The van der Waals surface area contributed by atoms with E-state index in [0.717, 1.165) is 19.7 Å². The predicted octanol–water partition coefficient (Wildman–Crippen LogP) is 1.41. The van der Waals surface area contributed by atoms with Gasteiger partial charge in [-0.15, -0.1) is 0 Å². The van der Waals surface area contributed by atoms with Crippen molar-refractivity contribution >= 4 is 0 Å². The highest BCUT2D eigenvalue weighted by Gasteiger charge is 2.26. The third-order valence-electron chi connectivity index (χ3n) is 3.15. The van der Waals surface area contributed by atoms with Crippen molar-refractivity contribution in [2.24, 2.45) is 5.73 Å². The minimum Gasteiger partial charge on any atom is -0.371 e. The molecule has 1 fully saturated rings. The number of ether oxygens (including phenoxy) is 1. The smallest absolute Gasteiger partial charge is 0.0952 e. The van der Waals surface area contributed by atoms with E-state index >= 15 is 0 Å². The van der Waals surface area contributed by atoms with Gasteiger partial charge < -0.3 is 10.5 Å². The Hall–Kier alpha value is -0.900. The van der Waals surface area contributed by atoms with E-state index in [9.17, 15) is 0 Å². The standard InChI is InChI=1S/C13H20N2O/c1-11-10-16-13(9-15(11)8-7-14)12-5-3-2-4-6-12/h2-6,11,13H,7-10,14H2,1H3. The van der Waals surface area contributed by atoms with E-state index in [2.05, 4.69) is 36.1 Å². The molecule has 1 aromatic carbocycles. The molecule has 0 radical (unpaired) electrons. The van der Waals surface area contributed by atoms with Gasteiger partial charge in [0.15, 0.2) is 0 Å². The lowest BCUT2D eigenvalue weighted by atomic mass is 10.1. The minimum absolute atomic E-state index is 0.198. The van der Waals surface area contributed by atoms with Crippen molar-refractivity contribution in [1.29, 1.82) is 0 Å². The zero-order valence-electron chi connectivity index (χ0n) is 9.80. The van der Waals surface area contributed by atoms with Crippen molar-refractivity contribution < 1.29 is 4.74 Å². The van der Waals surface area contributed by atoms with Crippen LogP contribution in [0.2, 0.25) is 0 Å². The van der Waals surface area contributed by atoms with Gasteiger partial charge >= 0.3 is 0 Å². The van der Waals surface area contributed by atoms with Crippen molar-refractivity contribution in [2.45, 2.75) is 19.1 Å². The quantitative estimate of drug-likeness (QED) is 0.837. The maximum absolute atomic E-state index is 5.87. The number of morpholine rings is 1. The van der Waals surface area contributed by atoms with E-state index in [4.69, 9.17) is 10.5 Å². The topological polar surface area (TPSA) is 38.5 Å². The van der Waals surface area contributed by atoms with Crippen LogP contribution in [0, 0.1) is 0 Å². The first kappa shape index (κ1) is 11.6. The van der Waals surface area contributed by atoms with E-state index in [1.165, 1.54) is 5.56 Å². The Morgan fingerprint density at radius 3 is 2.81 bits per heavy atom. The highest BCUT2D eigenvalue weighted by Crippen LogP contribution is 2.24. The maximum Gasteiger partial charge on any atom is 0.0952 e. The zero-order valence-corrected chi connectivity index (χ0v) is 9.80. The average Bonchev–Trinajstić information content (AvgIpc) is 2.33. The summed E-state index contributed by atoms with van der Waals surface area (Å²) in [6, 6.07) is 10.9. The van der Waals surface area contributed by atoms with E-state index < -0.39 is 0 Å². The molecule has 16 heavy (non-hydrogen) atoms. The molecule has 1 heterocycles. The number of rotatable bonds is 3. The van der Waals surface area contributed by atoms with Crippen LogP contribution < -0.4 is 5.73 Å². The lowest BCUT2D eigenvalue weighted by Gasteiger charge is -2.38. The first-order valence-corrected chi connectivity index (χ1v) is 5.92. The van der Waals surface area contributed by atoms with Gasteiger partial charge in [0, 0.05) is 25.7 Å². The summed E-state index contributed by atoms with van der Waals surface area (Å²) in [5, 5.41) is 0. The van der Waals surface area contributed by atoms with Crippen molar-refractivity contribution in [1.82, 2.24) is 4.90 Å². The van der Waals surface area contributed by atoms with Crippen molar-refractivity contribution in [3.05, 3.63) is 35.9 Å². The van der Waals surface area contributed by atoms with Crippen LogP contribution in [0.4, 0.5) is 0 Å². The lowest BCUT2D eigenvalue weighted by Crippen LogP contribution is -2.46. The van der Waals surface area contributed by atoms with E-state index in [1.54, 1.807) is 0 Å². The van der Waals surface area contributed by atoms with Crippen molar-refractivity contribution in [3.8, 4) is 0 Å². The Bertz CT molecular complexity index is 315. The predicted molar refractivity (Wildman–Crippen MR) is 65.2 cm³/mol. The van der Waals surface area contributed by atoms with Gasteiger partial charge in [-0.2, -0.15) is 0 Å². The van der Waals surface area contributed by atoms with Crippen LogP contribution in [-0.2, 0) is 4.74 Å².